The molecule has 10 heteroatoms. The highest BCUT2D eigenvalue weighted by molar-refractivity contribution is 7.89. The summed E-state index contributed by atoms with van der Waals surface area (Å²) in [6, 6.07) is -1.02. The van der Waals surface area contributed by atoms with Crippen LogP contribution in [-0.4, -0.2) is 62.8 Å². The van der Waals surface area contributed by atoms with Gasteiger partial charge in [-0.25, -0.2) is 26.3 Å². The van der Waals surface area contributed by atoms with Crippen molar-refractivity contribution >= 4 is 20.0 Å². The monoisotopic (exact) mass is 546 g/mol. The van der Waals surface area contributed by atoms with Gasteiger partial charge in [-0.3, -0.25) is 0 Å². The van der Waals surface area contributed by atoms with Gasteiger partial charge in [0, 0.05) is 22.9 Å². The first kappa shape index (κ1) is 27.3. The van der Waals surface area contributed by atoms with E-state index in [1.807, 2.05) is 0 Å². The quantitative estimate of drug-likeness (QED) is 0.370. The van der Waals surface area contributed by atoms with Crippen molar-refractivity contribution in [2.75, 3.05) is 11.5 Å². The number of nitrogens with one attached hydrogen (secondary N) is 2. The summed E-state index contributed by atoms with van der Waals surface area (Å²) < 4.78 is 59.6. The molecule has 5 aliphatic carbocycles. The summed E-state index contributed by atoms with van der Waals surface area (Å²) in [5.74, 6) is 0.431. The van der Waals surface area contributed by atoms with Gasteiger partial charge in [-0.1, -0.05) is 40.5 Å². The lowest BCUT2D eigenvalue weighted by Gasteiger charge is -2.42. The average molecular weight is 547 g/mol. The van der Waals surface area contributed by atoms with Crippen molar-refractivity contribution in [3.8, 4) is 0 Å². The highest BCUT2D eigenvalue weighted by atomic mass is 32.2. The Labute approximate surface area is 217 Å². The summed E-state index contributed by atoms with van der Waals surface area (Å²) >= 11 is 0. The third-order valence-electron chi connectivity index (χ3n) is 12.1. The largest absolute Gasteiger partial charge is 0.392 e. The fourth-order valence-corrected chi connectivity index (χ4v) is 13.8. The maximum Gasteiger partial charge on any atom is 0.212 e. The van der Waals surface area contributed by atoms with E-state index in [0.29, 0.717) is 50.4 Å². The molecule has 0 saturated heterocycles. The minimum Gasteiger partial charge on any atom is -0.392 e. The van der Waals surface area contributed by atoms with E-state index in [9.17, 15) is 27.0 Å². The van der Waals surface area contributed by atoms with Gasteiger partial charge in [-0.2, -0.15) is 0 Å². The van der Waals surface area contributed by atoms with Crippen LogP contribution in [0.15, 0.2) is 0 Å². The summed E-state index contributed by atoms with van der Waals surface area (Å²) in [7, 11) is -7.49. The third-order valence-corrected chi connectivity index (χ3v) is 15.2. The molecule has 0 aromatic rings. The molecule has 5 rings (SSSR count). The van der Waals surface area contributed by atoms with Crippen LogP contribution in [0.25, 0.3) is 0 Å². The Hall–Kier alpha value is -0.260. The van der Waals surface area contributed by atoms with Gasteiger partial charge in [0.25, 0.3) is 0 Å². The molecule has 4 bridgehead atoms. The lowest BCUT2D eigenvalue weighted by Crippen LogP contribution is -2.57. The normalized spacial score (nSPS) is 45.4. The van der Waals surface area contributed by atoms with Crippen molar-refractivity contribution in [3.05, 3.63) is 0 Å². The molecule has 5 aliphatic rings. The summed E-state index contributed by atoms with van der Waals surface area (Å²) in [6.45, 7) is 8.33. The highest BCUT2D eigenvalue weighted by Gasteiger charge is 2.66. The van der Waals surface area contributed by atoms with Gasteiger partial charge in [-0.05, 0) is 74.0 Å². The number of fused-ring (bicyclic) bond motifs is 4. The molecule has 0 aromatic carbocycles. The molecule has 8 nitrogen and oxygen atoms in total. The van der Waals surface area contributed by atoms with Gasteiger partial charge in [0.1, 0.15) is 0 Å². The average Bonchev–Trinajstić information content (AvgIpc) is 3.27. The fourth-order valence-electron chi connectivity index (χ4n) is 9.39. The summed E-state index contributed by atoms with van der Waals surface area (Å²) in [6.07, 6.45) is 6.17. The van der Waals surface area contributed by atoms with Gasteiger partial charge < -0.3 is 10.2 Å². The second-order valence-electron chi connectivity index (χ2n) is 14.0. The van der Waals surface area contributed by atoms with E-state index >= 15 is 0 Å². The standard InChI is InChI=1S/C26H46N2O6S2/c1-23(2)17-9-11-25(23,21(29)13-17)15-35(31,32)27-19-7-5-6-8-20(19)28-36(33,34)16-26-12-10-18(14-22(26)30)24(26,3)4/h17-22,27-30H,5-16H2,1-4H3/t17?,18?,19-,20+,21?,22?,25?,26?. The van der Waals surface area contributed by atoms with Gasteiger partial charge in [0.15, 0.2) is 0 Å². The van der Waals surface area contributed by atoms with E-state index in [1.165, 1.54) is 0 Å². The van der Waals surface area contributed by atoms with Gasteiger partial charge >= 0.3 is 0 Å². The molecular formula is C26H46N2O6S2. The molecule has 5 fully saturated rings. The van der Waals surface area contributed by atoms with Crippen LogP contribution < -0.4 is 9.44 Å². The Morgan fingerprint density at radius 3 is 1.31 bits per heavy atom. The molecule has 4 N–H and O–H groups in total. The van der Waals surface area contributed by atoms with Crippen LogP contribution in [0.2, 0.25) is 0 Å². The van der Waals surface area contributed by atoms with Crippen LogP contribution in [-0.2, 0) is 20.0 Å². The molecule has 0 aliphatic heterocycles. The van der Waals surface area contributed by atoms with Crippen LogP contribution in [0.5, 0.6) is 0 Å². The Balaban J connectivity index is 1.30. The second kappa shape index (κ2) is 8.62. The fraction of sp³-hybridized carbons (Fsp3) is 1.00. The molecule has 36 heavy (non-hydrogen) atoms. The molecule has 5 saturated carbocycles. The van der Waals surface area contributed by atoms with Crippen molar-refractivity contribution in [1.29, 1.82) is 0 Å². The number of aliphatic hydroxyl groups is 2. The van der Waals surface area contributed by atoms with E-state index in [2.05, 4.69) is 37.1 Å². The minimum atomic E-state index is -3.75. The zero-order valence-corrected chi connectivity index (χ0v) is 23.9. The van der Waals surface area contributed by atoms with Crippen molar-refractivity contribution in [3.63, 3.8) is 0 Å². The lowest BCUT2D eigenvalue weighted by atomic mass is 9.70. The van der Waals surface area contributed by atoms with Crippen LogP contribution in [0.1, 0.15) is 91.9 Å². The number of hydrogen-bond acceptors (Lipinski definition) is 6. The molecule has 0 aromatic heterocycles. The number of rotatable bonds is 8. The molecule has 0 heterocycles. The van der Waals surface area contributed by atoms with Crippen LogP contribution in [0.4, 0.5) is 0 Å². The first-order valence-corrected chi connectivity index (χ1v) is 17.2. The van der Waals surface area contributed by atoms with Crippen LogP contribution >= 0.6 is 0 Å². The Morgan fingerprint density at radius 1 is 0.667 bits per heavy atom. The Bertz CT molecular complexity index is 1000. The number of sulfonamides is 2. The second-order valence-corrected chi connectivity index (χ2v) is 17.5. The smallest absolute Gasteiger partial charge is 0.212 e. The zero-order chi connectivity index (χ0) is 26.4. The van der Waals surface area contributed by atoms with Gasteiger partial charge in [-0.15, -0.1) is 0 Å². The maximum absolute atomic E-state index is 13.5. The molecule has 8 atom stereocenters. The van der Waals surface area contributed by atoms with Gasteiger partial charge in [0.2, 0.25) is 20.0 Å². The predicted octanol–water partition coefficient (Wildman–Crippen LogP) is 2.51. The number of aliphatic hydroxyl groups excluding tert-OH is 2. The summed E-state index contributed by atoms with van der Waals surface area (Å²) in [5.41, 5.74) is -1.81. The van der Waals surface area contributed by atoms with E-state index in [4.69, 9.17) is 0 Å². The number of hydrogen-bond donors (Lipinski definition) is 4. The minimum absolute atomic E-state index is 0.120. The van der Waals surface area contributed by atoms with E-state index < -0.39 is 55.2 Å². The SMILES string of the molecule is CC1(C)C2CCC1(CS(=O)(=O)N[C@H]1CCCC[C@H]1NS(=O)(=O)CC13CCC(CC1O)C3(C)C)C(O)C2. The molecule has 208 valence electrons. The van der Waals surface area contributed by atoms with Crippen LogP contribution in [0, 0.1) is 33.5 Å². The first-order chi connectivity index (χ1) is 16.6. The summed E-state index contributed by atoms with van der Waals surface area (Å²) in [5, 5.41) is 21.7. The van der Waals surface area contributed by atoms with E-state index in [-0.39, 0.29) is 22.3 Å². The van der Waals surface area contributed by atoms with Crippen LogP contribution in [0.3, 0.4) is 0 Å². The third kappa shape index (κ3) is 4.03. The van der Waals surface area contributed by atoms with E-state index in [1.54, 1.807) is 0 Å². The molecule has 0 spiro atoms. The Kier molecular flexibility index (Phi) is 6.54. The zero-order valence-electron chi connectivity index (χ0n) is 22.3. The lowest BCUT2D eigenvalue weighted by molar-refractivity contribution is 0.0148. The molecular weight excluding hydrogens is 500 g/mol. The molecule has 0 radical (unpaired) electrons. The topological polar surface area (TPSA) is 133 Å². The van der Waals surface area contributed by atoms with Crippen molar-refractivity contribution < 1.29 is 27.0 Å². The van der Waals surface area contributed by atoms with Crippen molar-refractivity contribution in [1.82, 2.24) is 9.44 Å². The van der Waals surface area contributed by atoms with Crippen molar-refractivity contribution in [2.45, 2.75) is 116 Å². The predicted molar refractivity (Wildman–Crippen MR) is 139 cm³/mol. The maximum atomic E-state index is 13.5. The van der Waals surface area contributed by atoms with Crippen molar-refractivity contribution in [2.24, 2.45) is 33.5 Å². The highest BCUT2D eigenvalue weighted by Crippen LogP contribution is 2.67. The molecule has 0 amide bonds. The molecule has 6 unspecified atom stereocenters. The van der Waals surface area contributed by atoms with E-state index in [0.717, 1.165) is 25.7 Å². The van der Waals surface area contributed by atoms with Gasteiger partial charge in [0.05, 0.1) is 23.7 Å². The Morgan fingerprint density at radius 2 is 1.03 bits per heavy atom. The summed E-state index contributed by atoms with van der Waals surface area (Å²) in [4.78, 5) is 0. The first-order valence-electron chi connectivity index (χ1n) is 13.9.